The standard InChI is InChI=1S/C20H23F2N5O/c1-12(2)28-13-6-8-27-18(11-24-19(27)9-13)16-4-3-15(22)20(25-16)26-17-10-23-7-5-14(17)21/h3-4,6,8-9,11-12,14,17,23H,5,7,10H2,1-2H3,(H,25,26)/t14-,17-/m1/s1. The fourth-order valence-corrected chi connectivity index (χ4v) is 3.33. The molecular formula is C20H23F2N5O. The van der Waals surface area contributed by atoms with Crippen LogP contribution in [0, 0.1) is 5.82 Å². The molecule has 28 heavy (non-hydrogen) atoms. The van der Waals surface area contributed by atoms with Gasteiger partial charge in [-0.05, 0) is 45.0 Å². The zero-order valence-corrected chi connectivity index (χ0v) is 15.8. The number of aromatic nitrogens is 3. The smallest absolute Gasteiger partial charge is 0.165 e. The molecule has 6 nitrogen and oxygen atoms in total. The summed E-state index contributed by atoms with van der Waals surface area (Å²) < 4.78 is 35.9. The number of nitrogens with zero attached hydrogens (tertiary/aromatic N) is 3. The molecule has 1 aliphatic heterocycles. The molecule has 0 unspecified atom stereocenters. The van der Waals surface area contributed by atoms with Crippen molar-refractivity contribution < 1.29 is 13.5 Å². The first-order chi connectivity index (χ1) is 13.5. The van der Waals surface area contributed by atoms with Crippen molar-refractivity contribution >= 4 is 11.5 Å². The van der Waals surface area contributed by atoms with Crippen LogP contribution in [0.3, 0.4) is 0 Å². The third-order valence-corrected chi connectivity index (χ3v) is 4.68. The quantitative estimate of drug-likeness (QED) is 0.702. The molecule has 0 spiro atoms. The Labute approximate surface area is 162 Å². The van der Waals surface area contributed by atoms with E-state index in [1.54, 1.807) is 12.3 Å². The van der Waals surface area contributed by atoms with Gasteiger partial charge in [0, 0.05) is 18.8 Å². The van der Waals surface area contributed by atoms with Gasteiger partial charge in [0.1, 0.15) is 17.6 Å². The maximum Gasteiger partial charge on any atom is 0.165 e. The summed E-state index contributed by atoms with van der Waals surface area (Å²) in [5.41, 5.74) is 1.97. The van der Waals surface area contributed by atoms with Gasteiger partial charge in [0.25, 0.3) is 0 Å². The van der Waals surface area contributed by atoms with Crippen LogP contribution in [0.15, 0.2) is 36.7 Å². The second-order valence-corrected chi connectivity index (χ2v) is 7.19. The number of ether oxygens (including phenoxy) is 1. The van der Waals surface area contributed by atoms with Crippen molar-refractivity contribution in [2.24, 2.45) is 0 Å². The number of piperidine rings is 1. The van der Waals surface area contributed by atoms with Crippen molar-refractivity contribution in [1.29, 1.82) is 0 Å². The molecule has 4 rings (SSSR count). The molecule has 8 heteroatoms. The number of halogens is 2. The third-order valence-electron chi connectivity index (χ3n) is 4.68. The molecule has 0 saturated carbocycles. The maximum absolute atomic E-state index is 14.3. The number of fused-ring (bicyclic) bond motifs is 1. The van der Waals surface area contributed by atoms with E-state index >= 15 is 0 Å². The highest BCUT2D eigenvalue weighted by atomic mass is 19.1. The molecule has 1 fully saturated rings. The lowest BCUT2D eigenvalue weighted by Crippen LogP contribution is -2.46. The van der Waals surface area contributed by atoms with Crippen molar-refractivity contribution in [1.82, 2.24) is 19.7 Å². The first kappa shape index (κ1) is 18.6. The summed E-state index contributed by atoms with van der Waals surface area (Å²) in [5.74, 6) is 0.263. The van der Waals surface area contributed by atoms with Crippen LogP contribution in [0.2, 0.25) is 0 Å². The van der Waals surface area contributed by atoms with Crippen molar-refractivity contribution in [3.63, 3.8) is 0 Å². The predicted octanol–water partition coefficient (Wildman–Crippen LogP) is 3.43. The molecule has 0 radical (unpaired) electrons. The van der Waals surface area contributed by atoms with E-state index in [2.05, 4.69) is 20.6 Å². The second kappa shape index (κ2) is 7.71. The van der Waals surface area contributed by atoms with Crippen LogP contribution in [0.1, 0.15) is 20.3 Å². The van der Waals surface area contributed by atoms with Gasteiger partial charge < -0.3 is 15.4 Å². The first-order valence-corrected chi connectivity index (χ1v) is 9.43. The Bertz CT molecular complexity index is 974. The number of imidazole rings is 1. The molecule has 0 bridgehead atoms. The molecule has 1 aliphatic rings. The first-order valence-electron chi connectivity index (χ1n) is 9.43. The summed E-state index contributed by atoms with van der Waals surface area (Å²) in [5, 5.41) is 6.02. The highest BCUT2D eigenvalue weighted by Gasteiger charge is 2.25. The number of pyridine rings is 2. The van der Waals surface area contributed by atoms with Gasteiger partial charge in [0.05, 0.1) is 29.7 Å². The lowest BCUT2D eigenvalue weighted by molar-refractivity contribution is 0.240. The number of rotatable bonds is 5. The van der Waals surface area contributed by atoms with Gasteiger partial charge >= 0.3 is 0 Å². The highest BCUT2D eigenvalue weighted by Crippen LogP contribution is 2.25. The average Bonchev–Trinajstić information content (AvgIpc) is 3.08. The summed E-state index contributed by atoms with van der Waals surface area (Å²) >= 11 is 0. The summed E-state index contributed by atoms with van der Waals surface area (Å²) in [7, 11) is 0. The lowest BCUT2D eigenvalue weighted by atomic mass is 10.1. The van der Waals surface area contributed by atoms with Gasteiger partial charge in [-0.3, -0.25) is 4.40 Å². The minimum absolute atomic E-state index is 0.0450. The van der Waals surface area contributed by atoms with Crippen LogP contribution >= 0.6 is 0 Å². The number of anilines is 1. The van der Waals surface area contributed by atoms with Gasteiger partial charge in [0.15, 0.2) is 11.6 Å². The van der Waals surface area contributed by atoms with E-state index in [9.17, 15) is 8.78 Å². The molecule has 148 valence electrons. The topological polar surface area (TPSA) is 63.5 Å². The maximum atomic E-state index is 14.3. The predicted molar refractivity (Wildman–Crippen MR) is 104 cm³/mol. The lowest BCUT2D eigenvalue weighted by Gasteiger charge is -2.28. The van der Waals surface area contributed by atoms with Gasteiger partial charge in [-0.1, -0.05) is 0 Å². The second-order valence-electron chi connectivity index (χ2n) is 7.19. The molecule has 3 aromatic rings. The Morgan fingerprint density at radius 3 is 2.96 bits per heavy atom. The van der Waals surface area contributed by atoms with E-state index in [1.165, 1.54) is 6.07 Å². The molecular weight excluding hydrogens is 364 g/mol. The fourth-order valence-electron chi connectivity index (χ4n) is 3.33. The summed E-state index contributed by atoms with van der Waals surface area (Å²) in [6, 6.07) is 6.11. The van der Waals surface area contributed by atoms with E-state index < -0.39 is 18.0 Å². The average molecular weight is 387 g/mol. The number of hydrogen-bond donors (Lipinski definition) is 2. The molecule has 3 aromatic heterocycles. The SMILES string of the molecule is CC(C)Oc1ccn2c(-c3ccc(F)c(N[C@@H]4CNCC[C@H]4F)n3)cnc2c1. The van der Waals surface area contributed by atoms with Gasteiger partial charge in [-0.15, -0.1) is 0 Å². The van der Waals surface area contributed by atoms with Crippen LogP contribution in [-0.4, -0.2) is 45.8 Å². The Balaban J connectivity index is 1.64. The molecule has 0 amide bonds. The van der Waals surface area contributed by atoms with Crippen LogP contribution in [0.5, 0.6) is 5.75 Å². The van der Waals surface area contributed by atoms with Crippen molar-refractivity contribution in [3.8, 4) is 17.1 Å². The Morgan fingerprint density at radius 1 is 1.32 bits per heavy atom. The minimum Gasteiger partial charge on any atom is -0.491 e. The van der Waals surface area contributed by atoms with Gasteiger partial charge in [0.2, 0.25) is 0 Å². The monoisotopic (exact) mass is 387 g/mol. The number of nitrogens with one attached hydrogen (secondary N) is 2. The Morgan fingerprint density at radius 2 is 2.18 bits per heavy atom. The van der Waals surface area contributed by atoms with E-state index in [0.717, 1.165) is 5.75 Å². The largest absolute Gasteiger partial charge is 0.491 e. The molecule has 2 atom stereocenters. The van der Waals surface area contributed by atoms with Crippen LogP contribution in [0.4, 0.5) is 14.6 Å². The molecule has 0 aliphatic carbocycles. The van der Waals surface area contributed by atoms with E-state index in [1.807, 2.05) is 36.6 Å². The normalized spacial score (nSPS) is 19.9. The fraction of sp³-hybridized carbons (Fsp3) is 0.400. The van der Waals surface area contributed by atoms with E-state index in [4.69, 9.17) is 4.74 Å². The van der Waals surface area contributed by atoms with Crippen LogP contribution in [-0.2, 0) is 0 Å². The zero-order valence-electron chi connectivity index (χ0n) is 15.8. The third kappa shape index (κ3) is 3.77. The van der Waals surface area contributed by atoms with Crippen molar-refractivity contribution in [3.05, 3.63) is 42.5 Å². The Hall–Kier alpha value is -2.74. The molecule has 2 N–H and O–H groups in total. The van der Waals surface area contributed by atoms with E-state index in [0.29, 0.717) is 36.5 Å². The Kier molecular flexibility index (Phi) is 5.13. The van der Waals surface area contributed by atoms with Crippen LogP contribution < -0.4 is 15.4 Å². The van der Waals surface area contributed by atoms with Crippen molar-refractivity contribution in [2.75, 3.05) is 18.4 Å². The molecule has 1 saturated heterocycles. The number of alkyl halides is 1. The molecule has 4 heterocycles. The van der Waals surface area contributed by atoms with E-state index in [-0.39, 0.29) is 11.9 Å². The summed E-state index contributed by atoms with van der Waals surface area (Å²) in [4.78, 5) is 8.79. The summed E-state index contributed by atoms with van der Waals surface area (Å²) in [6.45, 7) is 4.98. The van der Waals surface area contributed by atoms with Gasteiger partial charge in [-0.2, -0.15) is 0 Å². The zero-order chi connectivity index (χ0) is 19.7. The van der Waals surface area contributed by atoms with Gasteiger partial charge in [-0.25, -0.2) is 18.7 Å². The highest BCUT2D eigenvalue weighted by molar-refractivity contribution is 5.63. The van der Waals surface area contributed by atoms with Crippen LogP contribution in [0.25, 0.3) is 17.0 Å². The summed E-state index contributed by atoms with van der Waals surface area (Å²) in [6.07, 6.45) is 2.95. The van der Waals surface area contributed by atoms with Crippen molar-refractivity contribution in [2.45, 2.75) is 38.6 Å². The minimum atomic E-state index is -1.04. The number of hydrogen-bond acceptors (Lipinski definition) is 5. The molecule has 0 aromatic carbocycles.